The van der Waals surface area contributed by atoms with Crippen molar-refractivity contribution in [3.8, 4) is 0 Å². The largest absolute Gasteiger partial charge is 0.462 e. The molecule has 0 saturated heterocycles. The SMILES string of the molecule is CCOC(=O)c1ccccc1Nc1nccc(NCCCN(C)C)n1. The van der Waals surface area contributed by atoms with E-state index in [2.05, 4.69) is 25.5 Å². The molecule has 134 valence electrons. The average Bonchev–Trinajstić information content (AvgIpc) is 2.60. The van der Waals surface area contributed by atoms with Gasteiger partial charge in [0.05, 0.1) is 17.9 Å². The molecule has 0 fully saturated rings. The van der Waals surface area contributed by atoms with Gasteiger partial charge < -0.3 is 20.3 Å². The van der Waals surface area contributed by atoms with E-state index in [1.807, 2.05) is 26.2 Å². The van der Waals surface area contributed by atoms with Gasteiger partial charge in [-0.1, -0.05) is 12.1 Å². The lowest BCUT2D eigenvalue weighted by molar-refractivity contribution is 0.0527. The highest BCUT2D eigenvalue weighted by molar-refractivity contribution is 5.96. The lowest BCUT2D eigenvalue weighted by Gasteiger charge is -2.12. The minimum absolute atomic E-state index is 0.329. The first-order valence-electron chi connectivity index (χ1n) is 8.35. The van der Waals surface area contributed by atoms with Crippen molar-refractivity contribution >= 4 is 23.4 Å². The van der Waals surface area contributed by atoms with E-state index in [1.165, 1.54) is 0 Å². The zero-order valence-electron chi connectivity index (χ0n) is 15.0. The monoisotopic (exact) mass is 343 g/mol. The van der Waals surface area contributed by atoms with E-state index in [0.717, 1.165) is 25.3 Å². The summed E-state index contributed by atoms with van der Waals surface area (Å²) >= 11 is 0. The predicted molar refractivity (Wildman–Crippen MR) is 99.4 cm³/mol. The molecule has 7 heteroatoms. The van der Waals surface area contributed by atoms with Crippen LogP contribution in [0.4, 0.5) is 17.5 Å². The smallest absolute Gasteiger partial charge is 0.340 e. The van der Waals surface area contributed by atoms with Gasteiger partial charge >= 0.3 is 5.97 Å². The van der Waals surface area contributed by atoms with Crippen molar-refractivity contribution in [1.29, 1.82) is 0 Å². The topological polar surface area (TPSA) is 79.4 Å². The van der Waals surface area contributed by atoms with E-state index in [9.17, 15) is 4.79 Å². The molecule has 0 aliphatic rings. The molecule has 0 unspecified atom stereocenters. The summed E-state index contributed by atoms with van der Waals surface area (Å²) in [5.41, 5.74) is 1.07. The Hall–Kier alpha value is -2.67. The molecule has 0 aliphatic heterocycles. The number of aromatic nitrogens is 2. The number of ether oxygens (including phenoxy) is 1. The third-order valence-corrected chi connectivity index (χ3v) is 3.41. The molecule has 1 heterocycles. The number of nitrogens with one attached hydrogen (secondary N) is 2. The first-order valence-corrected chi connectivity index (χ1v) is 8.35. The van der Waals surface area contributed by atoms with Crippen LogP contribution in [0.15, 0.2) is 36.5 Å². The number of carbonyl (C=O) groups excluding carboxylic acids is 1. The van der Waals surface area contributed by atoms with Crippen LogP contribution in [0, 0.1) is 0 Å². The highest BCUT2D eigenvalue weighted by Crippen LogP contribution is 2.20. The van der Waals surface area contributed by atoms with Gasteiger partial charge in [-0.05, 0) is 52.2 Å². The lowest BCUT2D eigenvalue weighted by Crippen LogP contribution is -2.16. The van der Waals surface area contributed by atoms with Gasteiger partial charge in [0.15, 0.2) is 0 Å². The van der Waals surface area contributed by atoms with Gasteiger partial charge in [0.1, 0.15) is 5.82 Å². The number of carbonyl (C=O) groups is 1. The molecule has 0 saturated carbocycles. The number of rotatable bonds is 9. The summed E-state index contributed by atoms with van der Waals surface area (Å²) in [5.74, 6) is 0.794. The van der Waals surface area contributed by atoms with Gasteiger partial charge in [-0.25, -0.2) is 9.78 Å². The second-order valence-electron chi connectivity index (χ2n) is 5.74. The van der Waals surface area contributed by atoms with Crippen LogP contribution in [-0.2, 0) is 4.74 Å². The Morgan fingerprint density at radius 3 is 2.80 bits per heavy atom. The van der Waals surface area contributed by atoms with E-state index >= 15 is 0 Å². The minimum atomic E-state index is -0.372. The molecule has 2 N–H and O–H groups in total. The van der Waals surface area contributed by atoms with E-state index in [-0.39, 0.29) is 5.97 Å². The van der Waals surface area contributed by atoms with Gasteiger partial charge in [0.2, 0.25) is 5.95 Å². The van der Waals surface area contributed by atoms with Crippen molar-refractivity contribution in [3.05, 3.63) is 42.1 Å². The van der Waals surface area contributed by atoms with E-state index in [4.69, 9.17) is 4.74 Å². The summed E-state index contributed by atoms with van der Waals surface area (Å²) in [4.78, 5) is 22.8. The molecule has 25 heavy (non-hydrogen) atoms. The molecule has 0 amide bonds. The number of benzene rings is 1. The number of nitrogens with zero attached hydrogens (tertiary/aromatic N) is 3. The number of hydrogen-bond acceptors (Lipinski definition) is 7. The second kappa shape index (κ2) is 9.58. The molecule has 0 bridgehead atoms. The average molecular weight is 343 g/mol. The molecule has 0 spiro atoms. The first kappa shape index (κ1) is 18.7. The van der Waals surface area contributed by atoms with Crippen LogP contribution in [-0.4, -0.2) is 54.6 Å². The van der Waals surface area contributed by atoms with Crippen molar-refractivity contribution in [2.45, 2.75) is 13.3 Å². The predicted octanol–water partition coefficient (Wildman–Crippen LogP) is 2.76. The van der Waals surface area contributed by atoms with Crippen LogP contribution in [0.1, 0.15) is 23.7 Å². The van der Waals surface area contributed by atoms with Crippen molar-refractivity contribution in [2.24, 2.45) is 0 Å². The van der Waals surface area contributed by atoms with E-state index in [1.54, 1.807) is 31.3 Å². The quantitative estimate of drug-likeness (QED) is 0.535. The maximum Gasteiger partial charge on any atom is 0.340 e. The number of anilines is 3. The Morgan fingerprint density at radius 2 is 2.04 bits per heavy atom. The summed E-state index contributed by atoms with van der Waals surface area (Å²) < 4.78 is 5.08. The number of hydrogen-bond donors (Lipinski definition) is 2. The molecular formula is C18H25N5O2. The van der Waals surface area contributed by atoms with Crippen LogP contribution in [0.3, 0.4) is 0 Å². The van der Waals surface area contributed by atoms with Gasteiger partial charge in [-0.2, -0.15) is 4.98 Å². The molecule has 2 aromatic rings. The molecule has 0 radical (unpaired) electrons. The Labute approximate surface area is 148 Å². The van der Waals surface area contributed by atoms with Crippen LogP contribution < -0.4 is 10.6 Å². The zero-order chi connectivity index (χ0) is 18.1. The summed E-state index contributed by atoms with van der Waals surface area (Å²) in [6.07, 6.45) is 2.70. The maximum absolute atomic E-state index is 12.0. The van der Waals surface area contributed by atoms with Gasteiger partial charge in [0, 0.05) is 12.7 Å². The fourth-order valence-corrected chi connectivity index (χ4v) is 2.23. The van der Waals surface area contributed by atoms with Crippen molar-refractivity contribution in [3.63, 3.8) is 0 Å². The van der Waals surface area contributed by atoms with Crippen molar-refractivity contribution in [2.75, 3.05) is 44.4 Å². The van der Waals surface area contributed by atoms with Crippen molar-refractivity contribution < 1.29 is 9.53 Å². The summed E-state index contributed by atoms with van der Waals surface area (Å²) in [6, 6.07) is 8.96. The normalized spacial score (nSPS) is 10.6. The Morgan fingerprint density at radius 1 is 1.24 bits per heavy atom. The number of esters is 1. The van der Waals surface area contributed by atoms with Crippen LogP contribution >= 0.6 is 0 Å². The van der Waals surface area contributed by atoms with Crippen LogP contribution in [0.25, 0.3) is 0 Å². The van der Waals surface area contributed by atoms with E-state index < -0.39 is 0 Å². The zero-order valence-corrected chi connectivity index (χ0v) is 15.0. The summed E-state index contributed by atoms with van der Waals surface area (Å²) in [5, 5.41) is 6.36. The molecule has 2 rings (SSSR count). The van der Waals surface area contributed by atoms with Crippen LogP contribution in [0.2, 0.25) is 0 Å². The fraction of sp³-hybridized carbons (Fsp3) is 0.389. The van der Waals surface area contributed by atoms with Gasteiger partial charge in [-0.15, -0.1) is 0 Å². The molecule has 1 aromatic heterocycles. The third-order valence-electron chi connectivity index (χ3n) is 3.41. The standard InChI is InChI=1S/C18H25N5O2/c1-4-25-17(24)14-8-5-6-9-15(14)21-18-20-12-10-16(22-18)19-11-7-13-23(2)3/h5-6,8-10,12H,4,7,11,13H2,1-3H3,(H2,19,20,21,22). The lowest BCUT2D eigenvalue weighted by atomic mass is 10.2. The van der Waals surface area contributed by atoms with Gasteiger partial charge in [0.25, 0.3) is 0 Å². The second-order valence-corrected chi connectivity index (χ2v) is 5.74. The Kier molecular flexibility index (Phi) is 7.16. The number of para-hydroxylation sites is 1. The van der Waals surface area contributed by atoms with Crippen LogP contribution in [0.5, 0.6) is 0 Å². The minimum Gasteiger partial charge on any atom is -0.462 e. The Bertz CT molecular complexity index is 691. The maximum atomic E-state index is 12.0. The summed E-state index contributed by atoms with van der Waals surface area (Å²) in [7, 11) is 4.10. The van der Waals surface area contributed by atoms with Gasteiger partial charge in [-0.3, -0.25) is 0 Å². The molecule has 7 nitrogen and oxygen atoms in total. The van der Waals surface area contributed by atoms with E-state index in [0.29, 0.717) is 23.8 Å². The fourth-order valence-electron chi connectivity index (χ4n) is 2.23. The third kappa shape index (κ3) is 6.04. The molecule has 0 atom stereocenters. The molecule has 0 aliphatic carbocycles. The molecular weight excluding hydrogens is 318 g/mol. The highest BCUT2D eigenvalue weighted by atomic mass is 16.5. The Balaban J connectivity index is 2.03. The molecule has 1 aromatic carbocycles. The van der Waals surface area contributed by atoms with Crippen molar-refractivity contribution in [1.82, 2.24) is 14.9 Å². The highest BCUT2D eigenvalue weighted by Gasteiger charge is 2.12. The first-order chi connectivity index (χ1) is 12.1. The summed E-state index contributed by atoms with van der Waals surface area (Å²) in [6.45, 7) is 3.95.